The van der Waals surface area contributed by atoms with Gasteiger partial charge in [0.2, 0.25) is 11.7 Å². The molecular weight excluding hydrogens is 548 g/mol. The summed E-state index contributed by atoms with van der Waals surface area (Å²) in [4.78, 5) is 27.1. The topological polar surface area (TPSA) is 136 Å². The van der Waals surface area contributed by atoms with Gasteiger partial charge in [0.15, 0.2) is 11.5 Å². The van der Waals surface area contributed by atoms with Crippen LogP contribution in [0.4, 0.5) is 10.5 Å². The number of benzene rings is 1. The van der Waals surface area contributed by atoms with Crippen LogP contribution in [-0.4, -0.2) is 62.4 Å². The number of aliphatic hydroxyl groups excluding tert-OH is 2. The lowest BCUT2D eigenvalue weighted by molar-refractivity contribution is -0.185. The van der Waals surface area contributed by atoms with Crippen molar-refractivity contribution in [3.8, 4) is 17.2 Å². The van der Waals surface area contributed by atoms with Crippen LogP contribution >= 0.6 is 11.3 Å². The maximum absolute atomic E-state index is 13.1. The van der Waals surface area contributed by atoms with Crippen LogP contribution in [0.1, 0.15) is 50.8 Å². The van der Waals surface area contributed by atoms with Crippen molar-refractivity contribution in [3.63, 3.8) is 0 Å². The molecule has 41 heavy (non-hydrogen) atoms. The first kappa shape index (κ1) is 30.9. The van der Waals surface area contributed by atoms with Crippen molar-refractivity contribution in [1.29, 1.82) is 0 Å². The summed E-state index contributed by atoms with van der Waals surface area (Å²) in [5, 5.41) is 29.5. The van der Waals surface area contributed by atoms with E-state index in [1.54, 1.807) is 23.5 Å². The number of thiophene rings is 1. The lowest BCUT2D eigenvalue weighted by Gasteiger charge is -2.60. The number of fused-ring (bicyclic) bond motifs is 1. The van der Waals surface area contributed by atoms with Crippen molar-refractivity contribution in [2.45, 2.75) is 64.7 Å². The number of carbonyl (C=O) groups is 2. The van der Waals surface area contributed by atoms with E-state index in [2.05, 4.69) is 17.6 Å². The van der Waals surface area contributed by atoms with Crippen LogP contribution in [0.25, 0.3) is 0 Å². The average Bonchev–Trinajstić information content (AvgIpc) is 3.48. The number of methoxy groups -OCH3 is 3. The number of amides is 2. The van der Waals surface area contributed by atoms with E-state index in [-0.39, 0.29) is 30.8 Å². The van der Waals surface area contributed by atoms with Gasteiger partial charge in [-0.3, -0.25) is 10.1 Å². The molecule has 2 aromatic rings. The van der Waals surface area contributed by atoms with Gasteiger partial charge in [0, 0.05) is 28.8 Å². The standard InChI is InChI=1S/C30H42N2O8S/c1-29-11-10-25(40-28(36)32-18-13-22(37-3)27(39-5)23(14-18)38-4)30(2,17-33)24(29)9-8-21(34)20(29)15-26(35)31-16-19-7-6-12-41-19/h6-7,12-14,20-21,24-25,33-34H,8-11,15-17H2,1-5H3,(H,31,35)(H,32,36). The van der Waals surface area contributed by atoms with Crippen molar-refractivity contribution < 1.29 is 38.7 Å². The highest BCUT2D eigenvalue weighted by Gasteiger charge is 2.60. The third-order valence-electron chi connectivity index (χ3n) is 9.28. The summed E-state index contributed by atoms with van der Waals surface area (Å²) in [5.74, 6) is 0.750. The van der Waals surface area contributed by atoms with E-state index in [1.165, 1.54) is 21.3 Å². The van der Waals surface area contributed by atoms with Gasteiger partial charge >= 0.3 is 6.09 Å². The number of nitrogens with one attached hydrogen (secondary N) is 2. The second kappa shape index (κ2) is 12.9. The molecule has 6 atom stereocenters. The Kier molecular flexibility index (Phi) is 9.71. The molecule has 2 saturated carbocycles. The molecule has 0 spiro atoms. The minimum Gasteiger partial charge on any atom is -0.493 e. The van der Waals surface area contributed by atoms with Gasteiger partial charge in [-0.05, 0) is 54.4 Å². The predicted octanol–water partition coefficient (Wildman–Crippen LogP) is 4.58. The van der Waals surface area contributed by atoms with E-state index in [0.717, 1.165) is 4.88 Å². The maximum Gasteiger partial charge on any atom is 0.411 e. The number of ether oxygens (including phenoxy) is 4. The molecule has 10 nitrogen and oxygen atoms in total. The van der Waals surface area contributed by atoms with Gasteiger partial charge in [0.25, 0.3) is 0 Å². The number of rotatable bonds is 10. The third kappa shape index (κ3) is 6.27. The van der Waals surface area contributed by atoms with Crippen molar-refractivity contribution in [3.05, 3.63) is 34.5 Å². The first-order valence-corrected chi connectivity index (χ1v) is 14.8. The summed E-state index contributed by atoms with van der Waals surface area (Å²) in [7, 11) is 4.49. The van der Waals surface area contributed by atoms with Crippen LogP contribution in [0.15, 0.2) is 29.6 Å². The Hall–Kier alpha value is -3.02. The number of hydrogen-bond acceptors (Lipinski definition) is 9. The van der Waals surface area contributed by atoms with E-state index in [9.17, 15) is 19.8 Å². The number of anilines is 1. The van der Waals surface area contributed by atoms with Crippen LogP contribution in [0.3, 0.4) is 0 Å². The van der Waals surface area contributed by atoms with E-state index >= 15 is 0 Å². The molecule has 2 amide bonds. The molecule has 11 heteroatoms. The van der Waals surface area contributed by atoms with Crippen LogP contribution in [0.2, 0.25) is 0 Å². The minimum atomic E-state index is -0.758. The summed E-state index contributed by atoms with van der Waals surface area (Å²) >= 11 is 1.59. The lowest BCUT2D eigenvalue weighted by Crippen LogP contribution is -2.61. The molecule has 226 valence electrons. The van der Waals surface area contributed by atoms with Gasteiger partial charge in [-0.2, -0.15) is 0 Å². The lowest BCUT2D eigenvalue weighted by atomic mass is 9.46. The van der Waals surface area contributed by atoms with Crippen molar-refractivity contribution in [2.75, 3.05) is 33.3 Å². The highest BCUT2D eigenvalue weighted by molar-refractivity contribution is 7.09. The molecular formula is C30H42N2O8S. The Morgan fingerprint density at radius 2 is 1.78 bits per heavy atom. The van der Waals surface area contributed by atoms with Gasteiger partial charge in [-0.1, -0.05) is 19.9 Å². The SMILES string of the molecule is COc1cc(NC(=O)OC2CCC3(C)C(CC(=O)NCc4cccs4)C(O)CCC3C2(C)CO)cc(OC)c1OC. The summed E-state index contributed by atoms with van der Waals surface area (Å²) in [5.41, 5.74) is -0.765. The summed E-state index contributed by atoms with van der Waals surface area (Å²) in [6, 6.07) is 7.15. The van der Waals surface area contributed by atoms with Gasteiger partial charge in [0.05, 0.1) is 46.3 Å². The molecule has 1 aromatic heterocycles. The Bertz CT molecular complexity index is 1180. The van der Waals surface area contributed by atoms with Crippen molar-refractivity contribution in [1.82, 2.24) is 5.32 Å². The fourth-order valence-electron chi connectivity index (χ4n) is 7.08. The first-order valence-electron chi connectivity index (χ1n) is 13.9. The van der Waals surface area contributed by atoms with E-state index in [1.807, 2.05) is 24.4 Å². The molecule has 2 aliphatic carbocycles. The Balaban J connectivity index is 1.47. The van der Waals surface area contributed by atoms with Crippen LogP contribution < -0.4 is 24.8 Å². The Morgan fingerprint density at radius 1 is 1.07 bits per heavy atom. The highest BCUT2D eigenvalue weighted by Crippen LogP contribution is 2.61. The highest BCUT2D eigenvalue weighted by atomic mass is 32.1. The summed E-state index contributed by atoms with van der Waals surface area (Å²) in [6.45, 7) is 4.32. The van der Waals surface area contributed by atoms with Gasteiger partial charge in [-0.25, -0.2) is 4.79 Å². The molecule has 0 radical (unpaired) electrons. The fraction of sp³-hybridized carbons (Fsp3) is 0.600. The summed E-state index contributed by atoms with van der Waals surface area (Å²) < 4.78 is 22.1. The molecule has 2 aliphatic rings. The van der Waals surface area contributed by atoms with Gasteiger partial charge < -0.3 is 34.5 Å². The number of hydrogen-bond donors (Lipinski definition) is 4. The van der Waals surface area contributed by atoms with Gasteiger partial charge in [-0.15, -0.1) is 11.3 Å². The predicted molar refractivity (Wildman–Crippen MR) is 156 cm³/mol. The van der Waals surface area contributed by atoms with Gasteiger partial charge in [0.1, 0.15) is 6.10 Å². The monoisotopic (exact) mass is 590 g/mol. The molecule has 1 aromatic carbocycles. The second-order valence-corrected chi connectivity index (χ2v) is 12.5. The summed E-state index contributed by atoms with van der Waals surface area (Å²) in [6.07, 6.45) is 0.687. The zero-order valence-corrected chi connectivity index (χ0v) is 25.2. The fourth-order valence-corrected chi connectivity index (χ4v) is 7.72. The van der Waals surface area contributed by atoms with Crippen LogP contribution in [-0.2, 0) is 16.1 Å². The average molecular weight is 591 g/mol. The molecule has 4 rings (SSSR count). The normalized spacial score (nSPS) is 29.1. The molecule has 0 bridgehead atoms. The smallest absolute Gasteiger partial charge is 0.411 e. The zero-order chi connectivity index (χ0) is 29.8. The minimum absolute atomic E-state index is 0.0637. The Labute approximate surface area is 245 Å². The molecule has 2 fully saturated rings. The molecule has 4 N–H and O–H groups in total. The van der Waals surface area contributed by atoms with E-state index in [0.29, 0.717) is 55.2 Å². The first-order chi connectivity index (χ1) is 19.6. The number of carbonyl (C=O) groups excluding carboxylic acids is 2. The zero-order valence-electron chi connectivity index (χ0n) is 24.4. The quantitative estimate of drug-likeness (QED) is 0.316. The van der Waals surface area contributed by atoms with E-state index < -0.39 is 29.1 Å². The molecule has 1 heterocycles. The van der Waals surface area contributed by atoms with Crippen LogP contribution in [0, 0.1) is 22.7 Å². The second-order valence-electron chi connectivity index (χ2n) is 11.5. The largest absolute Gasteiger partial charge is 0.493 e. The Morgan fingerprint density at radius 3 is 2.37 bits per heavy atom. The molecule has 0 aliphatic heterocycles. The molecule has 6 unspecified atom stereocenters. The third-order valence-corrected chi connectivity index (χ3v) is 10.2. The van der Waals surface area contributed by atoms with Crippen molar-refractivity contribution in [2.24, 2.45) is 22.7 Å². The molecule has 0 saturated heterocycles. The number of aliphatic hydroxyl groups is 2. The van der Waals surface area contributed by atoms with Crippen molar-refractivity contribution >= 4 is 29.0 Å². The van der Waals surface area contributed by atoms with Crippen LogP contribution in [0.5, 0.6) is 17.2 Å². The van der Waals surface area contributed by atoms with E-state index in [4.69, 9.17) is 18.9 Å². The maximum atomic E-state index is 13.1.